The molecular weight excluding hydrogens is 354 g/mol. The molecule has 3 aromatic rings. The van der Waals surface area contributed by atoms with Gasteiger partial charge in [0.1, 0.15) is 0 Å². The molecule has 5 heteroatoms. The topological polar surface area (TPSA) is 63.7 Å². The maximum Gasteiger partial charge on any atom is 0.311 e. The van der Waals surface area contributed by atoms with Crippen LogP contribution in [0.1, 0.15) is 16.8 Å². The summed E-state index contributed by atoms with van der Waals surface area (Å²) in [5.74, 6) is -1.45. The van der Waals surface area contributed by atoms with Crippen LogP contribution in [0.5, 0.6) is 0 Å². The van der Waals surface area contributed by atoms with Gasteiger partial charge in [-0.25, -0.2) is 0 Å². The summed E-state index contributed by atoms with van der Waals surface area (Å²) in [5, 5.41) is 2.00. The van der Waals surface area contributed by atoms with Crippen molar-refractivity contribution >= 4 is 34.1 Å². The number of benzene rings is 3. The molecule has 0 aromatic heterocycles. The lowest BCUT2D eigenvalue weighted by molar-refractivity contribution is -0.147. The van der Waals surface area contributed by atoms with E-state index in [-0.39, 0.29) is 31.3 Å². The van der Waals surface area contributed by atoms with Gasteiger partial charge in [0.05, 0.1) is 5.92 Å². The van der Waals surface area contributed by atoms with Gasteiger partial charge < -0.3 is 9.64 Å². The standard InChI is InChI=1S/C23H19NO4/c25-21(18-11-10-16-6-4-5-7-17(16)12-18)15-28-23(27)19-13-22(26)24(14-19)20-8-2-1-3-9-20/h1-12,19H,13-15H2. The molecule has 0 aliphatic carbocycles. The van der Waals surface area contributed by atoms with Gasteiger partial charge in [0.15, 0.2) is 12.4 Å². The zero-order chi connectivity index (χ0) is 19.5. The van der Waals surface area contributed by atoms with Crippen molar-refractivity contribution in [2.75, 3.05) is 18.1 Å². The van der Waals surface area contributed by atoms with Gasteiger partial charge >= 0.3 is 5.97 Å². The molecule has 1 aliphatic rings. The fraction of sp³-hybridized carbons (Fsp3) is 0.174. The number of nitrogens with zero attached hydrogens (tertiary/aromatic N) is 1. The summed E-state index contributed by atoms with van der Waals surface area (Å²) in [7, 11) is 0. The van der Waals surface area contributed by atoms with E-state index in [1.54, 1.807) is 17.0 Å². The molecule has 0 spiro atoms. The van der Waals surface area contributed by atoms with E-state index >= 15 is 0 Å². The molecule has 0 bridgehead atoms. The third-order valence-electron chi connectivity index (χ3n) is 4.94. The Morgan fingerprint density at radius 3 is 2.43 bits per heavy atom. The second-order valence-corrected chi connectivity index (χ2v) is 6.83. The van der Waals surface area contributed by atoms with Crippen molar-refractivity contribution in [1.82, 2.24) is 0 Å². The number of fused-ring (bicyclic) bond motifs is 1. The smallest absolute Gasteiger partial charge is 0.311 e. The van der Waals surface area contributed by atoms with Crippen LogP contribution in [0, 0.1) is 5.92 Å². The SMILES string of the molecule is O=C(COC(=O)C1CC(=O)N(c2ccccc2)C1)c1ccc2ccccc2c1. The minimum atomic E-state index is -0.558. The molecule has 0 radical (unpaired) electrons. The number of Topliss-reactive ketones (excluding diaryl/α,β-unsaturated/α-hetero) is 1. The lowest BCUT2D eigenvalue weighted by Gasteiger charge is -2.16. The monoisotopic (exact) mass is 373 g/mol. The summed E-state index contributed by atoms with van der Waals surface area (Å²) in [6.07, 6.45) is 0.0951. The first-order valence-corrected chi connectivity index (χ1v) is 9.16. The van der Waals surface area contributed by atoms with Gasteiger partial charge in [-0.15, -0.1) is 0 Å². The summed E-state index contributed by atoms with van der Waals surface area (Å²) < 4.78 is 5.22. The maximum absolute atomic E-state index is 12.4. The number of hydrogen-bond donors (Lipinski definition) is 0. The van der Waals surface area contributed by atoms with E-state index in [4.69, 9.17) is 4.74 Å². The van der Waals surface area contributed by atoms with Crippen LogP contribution in [0.15, 0.2) is 72.8 Å². The van der Waals surface area contributed by atoms with E-state index in [1.165, 1.54) is 0 Å². The van der Waals surface area contributed by atoms with Gasteiger partial charge in [-0.1, -0.05) is 54.6 Å². The summed E-state index contributed by atoms with van der Waals surface area (Å²) in [4.78, 5) is 38.6. The van der Waals surface area contributed by atoms with Gasteiger partial charge in [-0.3, -0.25) is 14.4 Å². The second kappa shape index (κ2) is 7.64. The highest BCUT2D eigenvalue weighted by Gasteiger charge is 2.36. The fourth-order valence-corrected chi connectivity index (χ4v) is 3.42. The van der Waals surface area contributed by atoms with Crippen LogP contribution >= 0.6 is 0 Å². The Balaban J connectivity index is 1.37. The summed E-state index contributed by atoms with van der Waals surface area (Å²) >= 11 is 0. The summed E-state index contributed by atoms with van der Waals surface area (Å²) in [6.45, 7) is -0.0565. The third kappa shape index (κ3) is 3.64. The van der Waals surface area contributed by atoms with E-state index < -0.39 is 11.9 Å². The molecule has 0 N–H and O–H groups in total. The van der Waals surface area contributed by atoms with Crippen molar-refractivity contribution in [3.8, 4) is 0 Å². The van der Waals surface area contributed by atoms with Crippen LogP contribution < -0.4 is 4.90 Å². The summed E-state index contributed by atoms with van der Waals surface area (Å²) in [6, 6.07) is 22.4. The van der Waals surface area contributed by atoms with Gasteiger partial charge in [0.25, 0.3) is 0 Å². The quantitative estimate of drug-likeness (QED) is 0.506. The largest absolute Gasteiger partial charge is 0.457 e. The number of ether oxygens (including phenoxy) is 1. The number of carbonyl (C=O) groups is 3. The Labute approximate surface area is 162 Å². The minimum absolute atomic E-state index is 0.0951. The first-order chi connectivity index (χ1) is 13.6. The number of esters is 1. The highest BCUT2D eigenvalue weighted by molar-refractivity contribution is 6.02. The molecule has 0 saturated carbocycles. The molecule has 140 valence electrons. The third-order valence-corrected chi connectivity index (χ3v) is 4.94. The van der Waals surface area contributed by atoms with Gasteiger partial charge in [0, 0.05) is 24.2 Å². The molecule has 1 amide bonds. The Kier molecular flexibility index (Phi) is 4.89. The van der Waals surface area contributed by atoms with Crippen molar-refractivity contribution in [3.63, 3.8) is 0 Å². The molecule has 1 saturated heterocycles. The second-order valence-electron chi connectivity index (χ2n) is 6.83. The molecule has 3 aromatic carbocycles. The number of ketones is 1. The minimum Gasteiger partial charge on any atom is -0.457 e. The predicted octanol–water partition coefficient (Wildman–Crippen LogP) is 3.62. The normalized spacial score (nSPS) is 16.4. The van der Waals surface area contributed by atoms with Crippen LogP contribution in [0.2, 0.25) is 0 Å². The van der Waals surface area contributed by atoms with Crippen LogP contribution in [0.3, 0.4) is 0 Å². The first-order valence-electron chi connectivity index (χ1n) is 9.16. The van der Waals surface area contributed by atoms with Crippen LogP contribution in [-0.2, 0) is 14.3 Å². The summed E-state index contributed by atoms with van der Waals surface area (Å²) in [5.41, 5.74) is 1.26. The molecule has 1 aliphatic heterocycles. The average Bonchev–Trinajstić information content (AvgIpc) is 3.13. The van der Waals surface area contributed by atoms with Gasteiger partial charge in [0.2, 0.25) is 5.91 Å². The number of rotatable bonds is 5. The molecular formula is C23H19NO4. The Morgan fingerprint density at radius 1 is 0.929 bits per heavy atom. The number of carbonyl (C=O) groups excluding carboxylic acids is 3. The number of anilines is 1. The fourth-order valence-electron chi connectivity index (χ4n) is 3.42. The Morgan fingerprint density at radius 2 is 1.64 bits per heavy atom. The number of amides is 1. The molecule has 1 fully saturated rings. The first kappa shape index (κ1) is 17.9. The maximum atomic E-state index is 12.4. The highest BCUT2D eigenvalue weighted by Crippen LogP contribution is 2.25. The van der Waals surface area contributed by atoms with Crippen LogP contribution in [0.4, 0.5) is 5.69 Å². The van der Waals surface area contributed by atoms with Gasteiger partial charge in [-0.05, 0) is 29.0 Å². The zero-order valence-electron chi connectivity index (χ0n) is 15.2. The lowest BCUT2D eigenvalue weighted by Crippen LogP contribution is -2.27. The van der Waals surface area contributed by atoms with E-state index in [2.05, 4.69) is 0 Å². The predicted molar refractivity (Wildman–Crippen MR) is 106 cm³/mol. The van der Waals surface area contributed by atoms with Crippen molar-refractivity contribution < 1.29 is 19.1 Å². The molecule has 1 atom stereocenters. The molecule has 28 heavy (non-hydrogen) atoms. The molecule has 4 rings (SSSR count). The molecule has 1 heterocycles. The van der Waals surface area contributed by atoms with Gasteiger partial charge in [-0.2, -0.15) is 0 Å². The average molecular weight is 373 g/mol. The van der Waals surface area contributed by atoms with E-state index in [0.717, 1.165) is 16.5 Å². The lowest BCUT2D eigenvalue weighted by atomic mass is 10.0. The van der Waals surface area contributed by atoms with Crippen LogP contribution in [-0.4, -0.2) is 30.8 Å². The number of hydrogen-bond acceptors (Lipinski definition) is 4. The van der Waals surface area contributed by atoms with Crippen molar-refractivity contribution in [3.05, 3.63) is 78.4 Å². The molecule has 1 unspecified atom stereocenters. The van der Waals surface area contributed by atoms with Crippen molar-refractivity contribution in [2.45, 2.75) is 6.42 Å². The number of para-hydroxylation sites is 1. The van der Waals surface area contributed by atoms with E-state index in [0.29, 0.717) is 5.56 Å². The van der Waals surface area contributed by atoms with Crippen molar-refractivity contribution in [1.29, 1.82) is 0 Å². The van der Waals surface area contributed by atoms with E-state index in [9.17, 15) is 14.4 Å². The van der Waals surface area contributed by atoms with Crippen molar-refractivity contribution in [2.24, 2.45) is 5.92 Å². The zero-order valence-corrected chi connectivity index (χ0v) is 15.2. The Bertz CT molecular complexity index is 1040. The highest BCUT2D eigenvalue weighted by atomic mass is 16.5. The van der Waals surface area contributed by atoms with Crippen LogP contribution in [0.25, 0.3) is 10.8 Å². The van der Waals surface area contributed by atoms with E-state index in [1.807, 2.05) is 60.7 Å². The Hall–Kier alpha value is -3.47. The molecule has 5 nitrogen and oxygen atoms in total.